The lowest BCUT2D eigenvalue weighted by Crippen LogP contribution is -2.48. The smallest absolute Gasteiger partial charge is 0.0823 e. The molecule has 1 aliphatic heterocycles. The van der Waals surface area contributed by atoms with Crippen molar-refractivity contribution in [2.75, 3.05) is 52.9 Å². The van der Waals surface area contributed by atoms with Gasteiger partial charge in [-0.05, 0) is 14.0 Å². The molecule has 0 saturated carbocycles. The maximum atomic E-state index is 5.64. The highest BCUT2D eigenvalue weighted by Crippen LogP contribution is 2.01. The molecule has 1 atom stereocenters. The number of rotatable bonds is 5. The van der Waals surface area contributed by atoms with E-state index in [1.54, 1.807) is 0 Å². The van der Waals surface area contributed by atoms with Crippen LogP contribution in [0.2, 0.25) is 0 Å². The quantitative estimate of drug-likeness (QED) is 0.657. The summed E-state index contributed by atoms with van der Waals surface area (Å²) in [5, 5.41) is 0. The van der Waals surface area contributed by atoms with Crippen LogP contribution in [0.25, 0.3) is 0 Å². The van der Waals surface area contributed by atoms with Gasteiger partial charge in [-0.25, -0.2) is 0 Å². The summed E-state index contributed by atoms with van der Waals surface area (Å²) in [6.45, 7) is 8.98. The first-order valence-electron chi connectivity index (χ1n) is 5.48. The van der Waals surface area contributed by atoms with Gasteiger partial charge in [-0.2, -0.15) is 0 Å². The standard InChI is InChI=1S/C10H23N3O/c1-3-14-10(8-11)9-13-6-4-12(2)5-7-13/h10H,3-9,11H2,1-2H3. The summed E-state index contributed by atoms with van der Waals surface area (Å²) < 4.78 is 5.54. The zero-order valence-corrected chi connectivity index (χ0v) is 9.41. The minimum atomic E-state index is 0.211. The van der Waals surface area contributed by atoms with Gasteiger partial charge in [-0.1, -0.05) is 0 Å². The van der Waals surface area contributed by atoms with Crippen molar-refractivity contribution in [3.8, 4) is 0 Å². The molecule has 0 aliphatic carbocycles. The van der Waals surface area contributed by atoms with E-state index in [-0.39, 0.29) is 6.10 Å². The van der Waals surface area contributed by atoms with Crippen LogP contribution in [0.3, 0.4) is 0 Å². The Balaban J connectivity index is 2.21. The molecule has 1 rings (SSSR count). The summed E-state index contributed by atoms with van der Waals surface area (Å²) in [4.78, 5) is 4.79. The number of piperazine rings is 1. The summed E-state index contributed by atoms with van der Waals surface area (Å²) in [5.74, 6) is 0. The molecule has 0 bridgehead atoms. The van der Waals surface area contributed by atoms with Gasteiger partial charge in [-0.15, -0.1) is 0 Å². The van der Waals surface area contributed by atoms with Crippen LogP contribution in [-0.4, -0.2) is 68.8 Å². The van der Waals surface area contributed by atoms with Crippen molar-refractivity contribution in [2.45, 2.75) is 13.0 Å². The minimum Gasteiger partial charge on any atom is -0.376 e. The molecule has 4 heteroatoms. The first kappa shape index (κ1) is 11.9. The SMILES string of the molecule is CCOC(CN)CN1CCN(C)CC1. The summed E-state index contributed by atoms with van der Waals surface area (Å²) in [5.41, 5.74) is 5.64. The third kappa shape index (κ3) is 3.92. The lowest BCUT2D eigenvalue weighted by atomic mass is 10.2. The van der Waals surface area contributed by atoms with Crippen molar-refractivity contribution >= 4 is 0 Å². The van der Waals surface area contributed by atoms with Gasteiger partial charge in [0.15, 0.2) is 0 Å². The number of hydrogen-bond donors (Lipinski definition) is 1. The molecule has 1 aliphatic rings. The molecule has 0 radical (unpaired) electrons. The molecular weight excluding hydrogens is 178 g/mol. The Kier molecular flexibility index (Phi) is 5.40. The first-order valence-corrected chi connectivity index (χ1v) is 5.48. The van der Waals surface area contributed by atoms with Crippen LogP contribution in [0.1, 0.15) is 6.92 Å². The van der Waals surface area contributed by atoms with Crippen molar-refractivity contribution in [3.05, 3.63) is 0 Å². The lowest BCUT2D eigenvalue weighted by molar-refractivity contribution is 0.0273. The zero-order chi connectivity index (χ0) is 10.4. The number of nitrogens with zero attached hydrogens (tertiary/aromatic N) is 2. The van der Waals surface area contributed by atoms with Gasteiger partial charge in [0.05, 0.1) is 6.10 Å². The predicted octanol–water partition coefficient (Wildman–Crippen LogP) is -0.402. The maximum absolute atomic E-state index is 5.64. The van der Waals surface area contributed by atoms with Gasteiger partial charge < -0.3 is 15.4 Å². The number of hydrogen-bond acceptors (Lipinski definition) is 4. The van der Waals surface area contributed by atoms with Gasteiger partial charge in [0, 0.05) is 45.9 Å². The van der Waals surface area contributed by atoms with Gasteiger partial charge >= 0.3 is 0 Å². The van der Waals surface area contributed by atoms with E-state index in [9.17, 15) is 0 Å². The van der Waals surface area contributed by atoms with Crippen LogP contribution >= 0.6 is 0 Å². The number of ether oxygens (including phenoxy) is 1. The maximum Gasteiger partial charge on any atom is 0.0823 e. The second-order valence-electron chi connectivity index (χ2n) is 3.92. The van der Waals surface area contributed by atoms with Crippen molar-refractivity contribution in [1.29, 1.82) is 0 Å². The minimum absolute atomic E-state index is 0.211. The highest BCUT2D eigenvalue weighted by molar-refractivity contribution is 4.73. The van der Waals surface area contributed by atoms with Gasteiger partial charge in [0.1, 0.15) is 0 Å². The van der Waals surface area contributed by atoms with Crippen molar-refractivity contribution in [2.24, 2.45) is 5.73 Å². The second-order valence-corrected chi connectivity index (χ2v) is 3.92. The van der Waals surface area contributed by atoms with E-state index in [2.05, 4.69) is 16.8 Å². The third-order valence-electron chi connectivity index (χ3n) is 2.72. The molecule has 1 saturated heterocycles. The average molecular weight is 201 g/mol. The van der Waals surface area contributed by atoms with Crippen molar-refractivity contribution in [3.63, 3.8) is 0 Å². The molecule has 1 heterocycles. The van der Waals surface area contributed by atoms with E-state index in [4.69, 9.17) is 10.5 Å². The van der Waals surface area contributed by atoms with Crippen LogP contribution < -0.4 is 5.73 Å². The summed E-state index contributed by atoms with van der Waals surface area (Å²) in [6, 6.07) is 0. The Labute approximate surface area is 87.0 Å². The topological polar surface area (TPSA) is 41.7 Å². The van der Waals surface area contributed by atoms with E-state index in [0.717, 1.165) is 39.3 Å². The average Bonchev–Trinajstić information content (AvgIpc) is 2.20. The summed E-state index contributed by atoms with van der Waals surface area (Å²) >= 11 is 0. The highest BCUT2D eigenvalue weighted by Gasteiger charge is 2.17. The molecule has 0 aromatic rings. The highest BCUT2D eigenvalue weighted by atomic mass is 16.5. The van der Waals surface area contributed by atoms with Gasteiger partial charge in [-0.3, -0.25) is 4.90 Å². The van der Waals surface area contributed by atoms with Crippen LogP contribution in [0.15, 0.2) is 0 Å². The van der Waals surface area contributed by atoms with E-state index in [1.165, 1.54) is 0 Å². The summed E-state index contributed by atoms with van der Waals surface area (Å²) in [7, 11) is 2.17. The van der Waals surface area contributed by atoms with E-state index >= 15 is 0 Å². The van der Waals surface area contributed by atoms with Crippen LogP contribution in [0.5, 0.6) is 0 Å². The molecule has 84 valence electrons. The van der Waals surface area contributed by atoms with Crippen LogP contribution in [-0.2, 0) is 4.74 Å². The normalized spacial score (nSPS) is 22.5. The monoisotopic (exact) mass is 201 g/mol. The lowest BCUT2D eigenvalue weighted by Gasteiger charge is -2.34. The Hall–Kier alpha value is -0.160. The molecule has 4 nitrogen and oxygen atoms in total. The Morgan fingerprint density at radius 2 is 1.93 bits per heavy atom. The van der Waals surface area contributed by atoms with E-state index in [0.29, 0.717) is 6.54 Å². The molecule has 2 N–H and O–H groups in total. The van der Waals surface area contributed by atoms with Gasteiger partial charge in [0.2, 0.25) is 0 Å². The number of nitrogens with two attached hydrogens (primary N) is 1. The van der Waals surface area contributed by atoms with Gasteiger partial charge in [0.25, 0.3) is 0 Å². The largest absolute Gasteiger partial charge is 0.376 e. The Morgan fingerprint density at radius 1 is 1.29 bits per heavy atom. The molecule has 1 fully saturated rings. The fraction of sp³-hybridized carbons (Fsp3) is 1.00. The summed E-state index contributed by atoms with van der Waals surface area (Å²) in [6.07, 6.45) is 0.211. The molecule has 1 unspecified atom stereocenters. The zero-order valence-electron chi connectivity index (χ0n) is 9.41. The Bertz CT molecular complexity index is 146. The molecular formula is C10H23N3O. The van der Waals surface area contributed by atoms with Crippen molar-refractivity contribution in [1.82, 2.24) is 9.80 Å². The molecule has 0 amide bonds. The van der Waals surface area contributed by atoms with Crippen LogP contribution in [0.4, 0.5) is 0 Å². The first-order chi connectivity index (χ1) is 6.76. The molecule has 14 heavy (non-hydrogen) atoms. The predicted molar refractivity (Wildman–Crippen MR) is 58.4 cm³/mol. The number of likely N-dealkylation sites (N-methyl/N-ethyl adjacent to an activating group) is 1. The van der Waals surface area contributed by atoms with Crippen molar-refractivity contribution < 1.29 is 4.74 Å². The fourth-order valence-electron chi connectivity index (χ4n) is 1.75. The third-order valence-corrected chi connectivity index (χ3v) is 2.72. The molecule has 0 aromatic heterocycles. The Morgan fingerprint density at radius 3 is 2.43 bits per heavy atom. The van der Waals surface area contributed by atoms with E-state index in [1.807, 2.05) is 6.92 Å². The molecule has 0 spiro atoms. The fourth-order valence-corrected chi connectivity index (χ4v) is 1.75. The second kappa shape index (κ2) is 6.35. The molecule has 0 aromatic carbocycles. The van der Waals surface area contributed by atoms with E-state index < -0.39 is 0 Å². The van der Waals surface area contributed by atoms with Crippen LogP contribution in [0, 0.1) is 0 Å².